The second-order valence-corrected chi connectivity index (χ2v) is 8.72. The molecule has 4 nitrogen and oxygen atoms in total. The van der Waals surface area contributed by atoms with Crippen molar-refractivity contribution < 1.29 is 18.9 Å². The summed E-state index contributed by atoms with van der Waals surface area (Å²) in [5, 5.41) is 0. The van der Waals surface area contributed by atoms with E-state index in [-0.39, 0.29) is 18.5 Å². The molecule has 2 saturated heterocycles. The summed E-state index contributed by atoms with van der Waals surface area (Å²) in [4.78, 5) is 0. The number of fused-ring (bicyclic) bond motifs is 5. The van der Waals surface area contributed by atoms with Gasteiger partial charge in [0.25, 0.3) is 0 Å². The Labute approximate surface area is 161 Å². The summed E-state index contributed by atoms with van der Waals surface area (Å²) in [6.07, 6.45) is 8.03. The number of allylic oxidation sites excluding steroid dienone is 2. The molecule has 3 fully saturated rings. The predicted octanol–water partition coefficient (Wildman–Crippen LogP) is 4.22. The van der Waals surface area contributed by atoms with Crippen LogP contribution in [0, 0.1) is 17.8 Å². The third kappa shape index (κ3) is 2.73. The van der Waals surface area contributed by atoms with Crippen molar-refractivity contribution in [2.24, 2.45) is 17.8 Å². The van der Waals surface area contributed by atoms with Crippen molar-refractivity contribution in [3.63, 3.8) is 0 Å². The molecule has 27 heavy (non-hydrogen) atoms. The van der Waals surface area contributed by atoms with E-state index in [4.69, 9.17) is 18.9 Å². The first-order chi connectivity index (χ1) is 13.0. The lowest BCUT2D eigenvalue weighted by molar-refractivity contribution is -0.235. The molecule has 4 aliphatic rings. The summed E-state index contributed by atoms with van der Waals surface area (Å²) in [5.74, 6) is 0.602. The van der Waals surface area contributed by atoms with Gasteiger partial charge in [0.15, 0.2) is 12.1 Å². The minimum absolute atomic E-state index is 0.0451. The largest absolute Gasteiger partial charge is 0.365 e. The molecule has 4 heteroatoms. The molecule has 1 aromatic carbocycles. The number of hydrogen-bond acceptors (Lipinski definition) is 4. The summed E-state index contributed by atoms with van der Waals surface area (Å²) < 4.78 is 25.5. The quantitative estimate of drug-likeness (QED) is 0.746. The topological polar surface area (TPSA) is 36.9 Å². The van der Waals surface area contributed by atoms with E-state index in [0.29, 0.717) is 24.4 Å². The predicted molar refractivity (Wildman–Crippen MR) is 102 cm³/mol. The van der Waals surface area contributed by atoms with Crippen LogP contribution in [0.25, 0.3) is 0 Å². The van der Waals surface area contributed by atoms with Crippen LogP contribution in [0.2, 0.25) is 0 Å². The highest BCUT2D eigenvalue weighted by Gasteiger charge is 2.70. The molecule has 3 unspecified atom stereocenters. The van der Waals surface area contributed by atoms with Gasteiger partial charge >= 0.3 is 0 Å². The molecule has 0 amide bonds. The van der Waals surface area contributed by atoms with Crippen LogP contribution in [-0.4, -0.2) is 29.9 Å². The Balaban J connectivity index is 1.48. The van der Waals surface area contributed by atoms with Gasteiger partial charge < -0.3 is 18.9 Å². The smallest absolute Gasteiger partial charge is 0.190 e. The summed E-state index contributed by atoms with van der Waals surface area (Å²) in [5.41, 5.74) is 0.678. The molecule has 2 heterocycles. The van der Waals surface area contributed by atoms with Gasteiger partial charge in [-0.2, -0.15) is 0 Å². The van der Waals surface area contributed by atoms with E-state index in [0.717, 1.165) is 18.4 Å². The lowest BCUT2D eigenvalue weighted by atomic mass is 9.77. The number of ether oxygens (including phenoxy) is 4. The molecule has 0 N–H and O–H groups in total. The van der Waals surface area contributed by atoms with Gasteiger partial charge in [0.05, 0.1) is 12.7 Å². The maximum absolute atomic E-state index is 6.69. The highest BCUT2D eigenvalue weighted by atomic mass is 16.8. The zero-order valence-electron chi connectivity index (χ0n) is 16.0. The van der Waals surface area contributed by atoms with Gasteiger partial charge in [0.1, 0.15) is 11.7 Å². The van der Waals surface area contributed by atoms with E-state index in [1.54, 1.807) is 0 Å². The highest BCUT2D eigenvalue weighted by Crippen LogP contribution is 2.59. The lowest BCUT2D eigenvalue weighted by Crippen LogP contribution is -2.49. The molecule has 5 rings (SSSR count). The number of hydrogen-bond donors (Lipinski definition) is 0. The minimum Gasteiger partial charge on any atom is -0.365 e. The maximum Gasteiger partial charge on any atom is 0.190 e. The Kier molecular flexibility index (Phi) is 4.10. The first-order valence-electron chi connectivity index (χ1n) is 10.0. The number of benzene rings is 1. The van der Waals surface area contributed by atoms with Crippen LogP contribution >= 0.6 is 0 Å². The highest BCUT2D eigenvalue weighted by molar-refractivity contribution is 5.23. The van der Waals surface area contributed by atoms with E-state index in [2.05, 4.69) is 36.9 Å². The zero-order chi connectivity index (χ0) is 18.6. The molecule has 0 radical (unpaired) electrons. The fourth-order valence-corrected chi connectivity index (χ4v) is 5.49. The van der Waals surface area contributed by atoms with Crippen molar-refractivity contribution in [3.05, 3.63) is 60.7 Å². The fraction of sp³-hybridized carbons (Fsp3) is 0.565. The Hall–Kier alpha value is -1.46. The summed E-state index contributed by atoms with van der Waals surface area (Å²) in [7, 11) is 0. The second kappa shape index (κ2) is 6.28. The van der Waals surface area contributed by atoms with Crippen molar-refractivity contribution >= 4 is 0 Å². The van der Waals surface area contributed by atoms with Crippen LogP contribution in [0.1, 0.15) is 32.3 Å². The van der Waals surface area contributed by atoms with E-state index in [1.807, 2.05) is 32.0 Å². The van der Waals surface area contributed by atoms with Crippen LogP contribution in [-0.2, 0) is 25.6 Å². The van der Waals surface area contributed by atoms with Crippen molar-refractivity contribution in [2.75, 3.05) is 0 Å². The van der Waals surface area contributed by atoms with E-state index < -0.39 is 11.4 Å². The first kappa shape index (κ1) is 17.6. The standard InChI is InChI=1S/C23H28O4/c1-4-16-11-8-12-17-18(16)13-23(24-14-15-9-6-5-7-10-15)19(17)25-21-20(23)26-22(2,3)27-21/h4-10,12,16-21H,1,11,13-14H2,2-3H3/t16?,17?,18?,19-,20+,21-,23-/m1/s1. The summed E-state index contributed by atoms with van der Waals surface area (Å²) >= 11 is 0. The van der Waals surface area contributed by atoms with Crippen molar-refractivity contribution in [1.29, 1.82) is 0 Å². The SMILES string of the molecule is C=CC1CC=CC2C1C[C@@]1(OCc3ccccc3)[C@@H]2O[C@@H]2OC(C)(C)O[C@@H]21. The van der Waals surface area contributed by atoms with Gasteiger partial charge in [0.2, 0.25) is 0 Å². The van der Waals surface area contributed by atoms with E-state index in [9.17, 15) is 0 Å². The normalized spacial score (nSPS) is 43.9. The molecular weight excluding hydrogens is 340 g/mol. The Morgan fingerprint density at radius 2 is 2.00 bits per heavy atom. The van der Waals surface area contributed by atoms with Crippen LogP contribution in [0.3, 0.4) is 0 Å². The van der Waals surface area contributed by atoms with Gasteiger partial charge in [0, 0.05) is 5.92 Å². The monoisotopic (exact) mass is 368 g/mol. The minimum atomic E-state index is -0.648. The molecule has 2 aliphatic heterocycles. The molecule has 0 bridgehead atoms. The lowest BCUT2D eigenvalue weighted by Gasteiger charge is -2.34. The maximum atomic E-state index is 6.69. The Bertz CT molecular complexity index is 742. The van der Waals surface area contributed by atoms with Crippen LogP contribution in [0.15, 0.2) is 55.1 Å². The van der Waals surface area contributed by atoms with Gasteiger partial charge in [-0.25, -0.2) is 0 Å². The Morgan fingerprint density at radius 3 is 2.78 bits per heavy atom. The van der Waals surface area contributed by atoms with Gasteiger partial charge in [-0.3, -0.25) is 0 Å². The van der Waals surface area contributed by atoms with Gasteiger partial charge in [-0.15, -0.1) is 6.58 Å². The summed E-state index contributed by atoms with van der Waals surface area (Å²) in [6, 6.07) is 10.3. The van der Waals surface area contributed by atoms with Crippen LogP contribution in [0.5, 0.6) is 0 Å². The molecule has 1 saturated carbocycles. The fourth-order valence-electron chi connectivity index (χ4n) is 5.49. The summed E-state index contributed by atoms with van der Waals surface area (Å²) in [6.45, 7) is 8.52. The van der Waals surface area contributed by atoms with Crippen molar-refractivity contribution in [1.82, 2.24) is 0 Å². The molecule has 144 valence electrons. The van der Waals surface area contributed by atoms with Crippen LogP contribution in [0.4, 0.5) is 0 Å². The third-order valence-electron chi connectivity index (χ3n) is 6.67. The number of rotatable bonds is 4. The Morgan fingerprint density at radius 1 is 1.19 bits per heavy atom. The average molecular weight is 368 g/mol. The molecular formula is C23H28O4. The molecule has 0 aromatic heterocycles. The van der Waals surface area contributed by atoms with Crippen LogP contribution < -0.4 is 0 Å². The van der Waals surface area contributed by atoms with Crippen molar-refractivity contribution in [2.45, 2.75) is 63.2 Å². The molecule has 0 spiro atoms. The molecule has 7 atom stereocenters. The van der Waals surface area contributed by atoms with E-state index >= 15 is 0 Å². The van der Waals surface area contributed by atoms with Crippen molar-refractivity contribution in [3.8, 4) is 0 Å². The van der Waals surface area contributed by atoms with E-state index in [1.165, 1.54) is 0 Å². The van der Waals surface area contributed by atoms with Gasteiger partial charge in [-0.1, -0.05) is 48.6 Å². The molecule has 1 aromatic rings. The zero-order valence-corrected chi connectivity index (χ0v) is 16.0. The first-order valence-corrected chi connectivity index (χ1v) is 10.0. The average Bonchev–Trinajstić information content (AvgIpc) is 3.24. The third-order valence-corrected chi connectivity index (χ3v) is 6.67. The molecule has 2 aliphatic carbocycles. The van der Waals surface area contributed by atoms with Gasteiger partial charge in [-0.05, 0) is 44.1 Å². The second-order valence-electron chi connectivity index (χ2n) is 8.72.